The SMILES string of the molecule is CC[C@]1(C)C(=O)N(C)c2cnc(I)nc2N1C1CC(F)(F)C1. The van der Waals surface area contributed by atoms with E-state index in [4.69, 9.17) is 0 Å². The molecule has 0 aromatic carbocycles. The lowest BCUT2D eigenvalue weighted by Crippen LogP contribution is -2.67. The van der Waals surface area contributed by atoms with E-state index in [1.165, 1.54) is 4.90 Å². The highest BCUT2D eigenvalue weighted by Crippen LogP contribution is 2.49. The molecule has 5 nitrogen and oxygen atoms in total. The third-order valence-electron chi connectivity index (χ3n) is 4.73. The smallest absolute Gasteiger partial charge is 0.252 e. The van der Waals surface area contributed by atoms with Gasteiger partial charge in [0.05, 0.1) is 6.20 Å². The summed E-state index contributed by atoms with van der Waals surface area (Å²) >= 11 is 1.99. The number of nitrogens with zero attached hydrogens (tertiary/aromatic N) is 4. The van der Waals surface area contributed by atoms with E-state index in [9.17, 15) is 13.6 Å². The normalized spacial score (nSPS) is 27.6. The first-order valence-corrected chi connectivity index (χ1v) is 8.25. The minimum atomic E-state index is -2.65. The van der Waals surface area contributed by atoms with Crippen LogP contribution in [0.15, 0.2) is 6.20 Å². The van der Waals surface area contributed by atoms with E-state index in [1.54, 1.807) is 25.1 Å². The Morgan fingerprint density at radius 3 is 2.64 bits per heavy atom. The largest absolute Gasteiger partial charge is 0.337 e. The molecule has 1 fully saturated rings. The van der Waals surface area contributed by atoms with E-state index in [1.807, 2.05) is 29.5 Å². The summed E-state index contributed by atoms with van der Waals surface area (Å²) in [6, 6.07) is -0.373. The van der Waals surface area contributed by atoms with Crippen molar-refractivity contribution in [2.24, 2.45) is 0 Å². The van der Waals surface area contributed by atoms with Gasteiger partial charge in [-0.05, 0) is 13.3 Å². The van der Waals surface area contributed by atoms with Gasteiger partial charge in [-0.15, -0.1) is 0 Å². The monoisotopic (exact) mass is 422 g/mol. The van der Waals surface area contributed by atoms with Gasteiger partial charge >= 0.3 is 0 Å². The van der Waals surface area contributed by atoms with Crippen molar-refractivity contribution in [3.8, 4) is 0 Å². The number of alkyl halides is 2. The van der Waals surface area contributed by atoms with Crippen LogP contribution in [0.5, 0.6) is 0 Å². The Balaban J connectivity index is 2.13. The molecule has 0 N–H and O–H groups in total. The second-order valence-electron chi connectivity index (χ2n) is 6.13. The number of likely N-dealkylation sites (N-methyl/N-ethyl adjacent to an activating group) is 1. The zero-order valence-electron chi connectivity index (χ0n) is 12.6. The fourth-order valence-corrected chi connectivity index (χ4v) is 3.64. The molecule has 0 bridgehead atoms. The Labute approximate surface area is 141 Å². The van der Waals surface area contributed by atoms with Crippen molar-refractivity contribution < 1.29 is 13.6 Å². The minimum Gasteiger partial charge on any atom is -0.337 e. The second-order valence-corrected chi connectivity index (χ2v) is 7.09. The Kier molecular flexibility index (Phi) is 3.57. The second kappa shape index (κ2) is 4.97. The molecule has 1 atom stereocenters. The van der Waals surface area contributed by atoms with Gasteiger partial charge in [0.15, 0.2) is 9.65 Å². The molecule has 1 aliphatic carbocycles. The summed E-state index contributed by atoms with van der Waals surface area (Å²) in [4.78, 5) is 24.7. The lowest BCUT2D eigenvalue weighted by Gasteiger charge is -2.54. The van der Waals surface area contributed by atoms with Gasteiger partial charge < -0.3 is 9.80 Å². The topological polar surface area (TPSA) is 49.3 Å². The van der Waals surface area contributed by atoms with Crippen molar-refractivity contribution in [3.63, 3.8) is 0 Å². The lowest BCUT2D eigenvalue weighted by molar-refractivity contribution is -0.126. The maximum Gasteiger partial charge on any atom is 0.252 e. The quantitative estimate of drug-likeness (QED) is 0.544. The average Bonchev–Trinajstić information content (AvgIpc) is 2.43. The van der Waals surface area contributed by atoms with E-state index in [2.05, 4.69) is 9.97 Å². The lowest BCUT2D eigenvalue weighted by atomic mass is 9.81. The van der Waals surface area contributed by atoms with E-state index < -0.39 is 11.5 Å². The molecular weight excluding hydrogens is 405 g/mol. The predicted octanol–water partition coefficient (Wildman–Crippen LogP) is 2.83. The van der Waals surface area contributed by atoms with Crippen LogP contribution in [0.1, 0.15) is 33.1 Å². The highest BCUT2D eigenvalue weighted by molar-refractivity contribution is 14.1. The number of carbonyl (C=O) groups is 1. The molecule has 2 aliphatic rings. The molecule has 22 heavy (non-hydrogen) atoms. The highest BCUT2D eigenvalue weighted by atomic mass is 127. The predicted molar refractivity (Wildman–Crippen MR) is 87.3 cm³/mol. The van der Waals surface area contributed by atoms with Crippen LogP contribution in [-0.4, -0.2) is 40.4 Å². The molecule has 0 saturated heterocycles. The molecule has 0 spiro atoms. The van der Waals surface area contributed by atoms with Crippen molar-refractivity contribution in [2.45, 2.75) is 50.6 Å². The third kappa shape index (κ3) is 2.17. The molecule has 2 heterocycles. The Hall–Kier alpha value is -1.06. The van der Waals surface area contributed by atoms with E-state index in [-0.39, 0.29) is 24.8 Å². The molecule has 8 heteroatoms. The molecule has 1 amide bonds. The highest BCUT2D eigenvalue weighted by Gasteiger charge is 2.56. The van der Waals surface area contributed by atoms with Crippen molar-refractivity contribution in [1.29, 1.82) is 0 Å². The van der Waals surface area contributed by atoms with Gasteiger partial charge in [-0.1, -0.05) is 6.92 Å². The summed E-state index contributed by atoms with van der Waals surface area (Å²) in [5, 5.41) is 0. The summed E-state index contributed by atoms with van der Waals surface area (Å²) in [6.07, 6.45) is 1.64. The molecule has 3 rings (SSSR count). The number of aromatic nitrogens is 2. The maximum atomic E-state index is 13.4. The number of halogens is 3. The zero-order chi connectivity index (χ0) is 16.3. The molecule has 0 radical (unpaired) electrons. The van der Waals surface area contributed by atoms with E-state index >= 15 is 0 Å². The average molecular weight is 422 g/mol. The minimum absolute atomic E-state index is 0.109. The van der Waals surface area contributed by atoms with Gasteiger partial charge in [0.1, 0.15) is 11.2 Å². The van der Waals surface area contributed by atoms with Crippen LogP contribution in [0.3, 0.4) is 0 Å². The van der Waals surface area contributed by atoms with Gasteiger partial charge in [0.2, 0.25) is 0 Å². The van der Waals surface area contributed by atoms with Crippen molar-refractivity contribution in [1.82, 2.24) is 9.97 Å². The van der Waals surface area contributed by atoms with E-state index in [0.29, 0.717) is 21.8 Å². The van der Waals surface area contributed by atoms with Crippen LogP contribution >= 0.6 is 22.6 Å². The van der Waals surface area contributed by atoms with Crippen LogP contribution in [0.25, 0.3) is 0 Å². The molecule has 1 aliphatic heterocycles. The molecule has 1 saturated carbocycles. The number of anilines is 2. The number of hydrogen-bond donors (Lipinski definition) is 0. The Bertz CT molecular complexity index is 633. The molecule has 120 valence electrons. The van der Waals surface area contributed by atoms with Crippen LogP contribution in [-0.2, 0) is 4.79 Å². The van der Waals surface area contributed by atoms with Gasteiger partial charge in [-0.25, -0.2) is 18.7 Å². The molecule has 1 aromatic rings. The number of carbonyl (C=O) groups excluding carboxylic acids is 1. The number of rotatable bonds is 2. The van der Waals surface area contributed by atoms with Gasteiger partial charge in [0.25, 0.3) is 11.8 Å². The number of fused-ring (bicyclic) bond motifs is 1. The fourth-order valence-electron chi connectivity index (χ4n) is 3.28. The molecular formula is C14H17F2IN4O. The Morgan fingerprint density at radius 1 is 1.45 bits per heavy atom. The molecule has 0 unspecified atom stereocenters. The Morgan fingerprint density at radius 2 is 2.09 bits per heavy atom. The van der Waals surface area contributed by atoms with Crippen LogP contribution in [0, 0.1) is 3.83 Å². The van der Waals surface area contributed by atoms with Crippen molar-refractivity contribution >= 4 is 40.0 Å². The summed E-state index contributed by atoms with van der Waals surface area (Å²) in [5.74, 6) is -2.18. The van der Waals surface area contributed by atoms with E-state index in [0.717, 1.165) is 0 Å². The first-order valence-electron chi connectivity index (χ1n) is 7.17. The van der Waals surface area contributed by atoms with Crippen molar-refractivity contribution in [2.75, 3.05) is 16.8 Å². The van der Waals surface area contributed by atoms with Crippen LogP contribution in [0.4, 0.5) is 20.3 Å². The molecule has 1 aromatic heterocycles. The zero-order valence-corrected chi connectivity index (χ0v) is 14.8. The fraction of sp³-hybridized carbons (Fsp3) is 0.643. The summed E-state index contributed by atoms with van der Waals surface area (Å²) in [5.41, 5.74) is -0.285. The van der Waals surface area contributed by atoms with Gasteiger partial charge in [0, 0.05) is 48.5 Å². The van der Waals surface area contributed by atoms with Crippen molar-refractivity contribution in [3.05, 3.63) is 10.0 Å². The van der Waals surface area contributed by atoms with Gasteiger partial charge in [-0.2, -0.15) is 0 Å². The maximum absolute atomic E-state index is 13.4. The standard InChI is InChI=1S/C14H17F2IN4O/c1-4-13(2)11(22)20(3)9-7-18-12(17)19-10(9)21(13)8-5-14(15,16)6-8/h7-8H,4-6H2,1-3H3/t13-/m1/s1. The third-order valence-corrected chi connectivity index (χ3v) is 5.25. The number of hydrogen-bond acceptors (Lipinski definition) is 4. The van der Waals surface area contributed by atoms with Gasteiger partial charge in [-0.3, -0.25) is 4.79 Å². The van der Waals surface area contributed by atoms with Crippen LogP contribution in [0.2, 0.25) is 0 Å². The summed E-state index contributed by atoms with van der Waals surface area (Å²) < 4.78 is 27.3. The first kappa shape index (κ1) is 15.8. The first-order chi connectivity index (χ1) is 10.2. The van der Waals surface area contributed by atoms with Crippen LogP contribution < -0.4 is 9.80 Å². The summed E-state index contributed by atoms with van der Waals surface area (Å²) in [6.45, 7) is 3.70. The number of amides is 1. The summed E-state index contributed by atoms with van der Waals surface area (Å²) in [7, 11) is 1.68.